The second-order valence-electron chi connectivity index (χ2n) is 6.98. The molecule has 0 saturated heterocycles. The Balaban J connectivity index is 2.35. The van der Waals surface area contributed by atoms with Gasteiger partial charge in [0.2, 0.25) is 0 Å². The van der Waals surface area contributed by atoms with Gasteiger partial charge in [-0.05, 0) is 109 Å². The van der Waals surface area contributed by atoms with Crippen LogP contribution in [0, 0.1) is 34.6 Å². The van der Waals surface area contributed by atoms with E-state index in [1.807, 2.05) is 52.0 Å². The van der Waals surface area contributed by atoms with Crippen molar-refractivity contribution in [3.8, 4) is 39.5 Å². The molecule has 0 atom stereocenters. The quantitative estimate of drug-likeness (QED) is 0.558. The summed E-state index contributed by atoms with van der Waals surface area (Å²) in [6.07, 6.45) is 0. The molecule has 0 aliphatic carbocycles. The van der Waals surface area contributed by atoms with E-state index in [1.165, 1.54) is 0 Å². The summed E-state index contributed by atoms with van der Waals surface area (Å²) in [6, 6.07) is 11.0. The number of benzene rings is 3. The highest BCUT2D eigenvalue weighted by atomic mass is 16.3. The number of hydrogen-bond acceptors (Lipinski definition) is 3. The van der Waals surface area contributed by atoms with Crippen LogP contribution in [0.15, 0.2) is 36.4 Å². The lowest BCUT2D eigenvalue weighted by molar-refractivity contribution is 0.467. The third-order valence-electron chi connectivity index (χ3n) is 5.18. The van der Waals surface area contributed by atoms with Crippen molar-refractivity contribution in [2.24, 2.45) is 0 Å². The minimum Gasteiger partial charge on any atom is -0.508 e. The highest BCUT2D eigenvalue weighted by Crippen LogP contribution is 2.43. The standard InChI is InChI=1S/C23H24O3/c1-12-10-17(6-8-19(12)24)21-14(3)22(16(5)23(26)15(21)4)18-7-9-20(25)13(2)11-18/h6-11,24-26H,1-5H3. The Bertz CT molecular complexity index is 938. The van der Waals surface area contributed by atoms with Crippen LogP contribution in [0.25, 0.3) is 22.3 Å². The third kappa shape index (κ3) is 2.80. The van der Waals surface area contributed by atoms with Crippen molar-refractivity contribution in [3.63, 3.8) is 0 Å². The van der Waals surface area contributed by atoms with Crippen LogP contribution in [0.1, 0.15) is 27.8 Å². The van der Waals surface area contributed by atoms with Crippen molar-refractivity contribution < 1.29 is 15.3 Å². The second-order valence-corrected chi connectivity index (χ2v) is 6.98. The molecule has 3 nitrogen and oxygen atoms in total. The Hall–Kier alpha value is -2.94. The van der Waals surface area contributed by atoms with E-state index < -0.39 is 0 Å². The van der Waals surface area contributed by atoms with Crippen LogP contribution in [0.2, 0.25) is 0 Å². The van der Waals surface area contributed by atoms with Crippen molar-refractivity contribution >= 4 is 0 Å². The van der Waals surface area contributed by atoms with Gasteiger partial charge in [-0.2, -0.15) is 0 Å². The largest absolute Gasteiger partial charge is 0.508 e. The molecule has 3 aromatic carbocycles. The Labute approximate surface area is 154 Å². The van der Waals surface area contributed by atoms with Crippen molar-refractivity contribution in [2.75, 3.05) is 0 Å². The Morgan fingerprint density at radius 1 is 0.538 bits per heavy atom. The summed E-state index contributed by atoms with van der Waals surface area (Å²) >= 11 is 0. The van der Waals surface area contributed by atoms with Crippen molar-refractivity contribution in [3.05, 3.63) is 64.2 Å². The maximum Gasteiger partial charge on any atom is 0.122 e. The molecule has 3 aromatic rings. The molecule has 134 valence electrons. The maximum absolute atomic E-state index is 10.8. The molecule has 0 aromatic heterocycles. The fourth-order valence-corrected chi connectivity index (χ4v) is 3.69. The van der Waals surface area contributed by atoms with E-state index in [1.54, 1.807) is 12.1 Å². The van der Waals surface area contributed by atoms with Gasteiger partial charge < -0.3 is 15.3 Å². The zero-order valence-corrected chi connectivity index (χ0v) is 15.8. The van der Waals surface area contributed by atoms with Crippen molar-refractivity contribution in [1.82, 2.24) is 0 Å². The van der Waals surface area contributed by atoms with Gasteiger partial charge in [0.1, 0.15) is 17.2 Å². The Kier molecular flexibility index (Phi) is 4.41. The zero-order chi connectivity index (χ0) is 19.2. The molecule has 0 aliphatic rings. The van der Waals surface area contributed by atoms with E-state index in [-0.39, 0.29) is 17.2 Å². The van der Waals surface area contributed by atoms with Gasteiger partial charge in [0.25, 0.3) is 0 Å². The summed E-state index contributed by atoms with van der Waals surface area (Å²) < 4.78 is 0. The molecule has 3 rings (SSSR count). The first-order chi connectivity index (χ1) is 12.2. The normalized spacial score (nSPS) is 11.0. The van der Waals surface area contributed by atoms with Crippen LogP contribution >= 0.6 is 0 Å². The lowest BCUT2D eigenvalue weighted by atomic mass is 9.85. The molecule has 0 saturated carbocycles. The molecule has 0 radical (unpaired) electrons. The first-order valence-electron chi connectivity index (χ1n) is 8.65. The minimum atomic E-state index is 0.259. The molecule has 0 aliphatic heterocycles. The summed E-state index contributed by atoms with van der Waals surface area (Å²) in [6.45, 7) is 9.61. The van der Waals surface area contributed by atoms with Gasteiger partial charge in [-0.3, -0.25) is 0 Å². The highest BCUT2D eigenvalue weighted by Gasteiger charge is 2.19. The summed E-state index contributed by atoms with van der Waals surface area (Å²) in [5.74, 6) is 0.793. The number of hydrogen-bond donors (Lipinski definition) is 3. The van der Waals surface area contributed by atoms with Crippen LogP contribution in [0.5, 0.6) is 17.2 Å². The van der Waals surface area contributed by atoms with E-state index >= 15 is 0 Å². The van der Waals surface area contributed by atoms with Crippen LogP contribution in [-0.2, 0) is 0 Å². The van der Waals surface area contributed by atoms with Crippen LogP contribution in [0.3, 0.4) is 0 Å². The van der Waals surface area contributed by atoms with Gasteiger partial charge in [0.05, 0.1) is 0 Å². The van der Waals surface area contributed by atoms with Crippen LogP contribution in [0.4, 0.5) is 0 Å². The lowest BCUT2D eigenvalue weighted by Crippen LogP contribution is -1.98. The van der Waals surface area contributed by atoms with Gasteiger partial charge >= 0.3 is 0 Å². The SMILES string of the molecule is Cc1cc(-c2c(C)c(O)c(C)c(-c3ccc(O)c(C)c3)c2C)ccc1O. The van der Waals surface area contributed by atoms with Gasteiger partial charge in [-0.1, -0.05) is 12.1 Å². The highest BCUT2D eigenvalue weighted by molar-refractivity contribution is 5.86. The average Bonchev–Trinajstić information content (AvgIpc) is 2.59. The zero-order valence-electron chi connectivity index (χ0n) is 15.8. The van der Waals surface area contributed by atoms with Gasteiger partial charge in [-0.25, -0.2) is 0 Å². The van der Waals surface area contributed by atoms with Gasteiger partial charge in [-0.15, -0.1) is 0 Å². The monoisotopic (exact) mass is 348 g/mol. The molecule has 3 N–H and O–H groups in total. The second kappa shape index (κ2) is 6.41. The first-order valence-corrected chi connectivity index (χ1v) is 8.65. The minimum absolute atomic E-state index is 0.259. The van der Waals surface area contributed by atoms with Crippen molar-refractivity contribution in [2.45, 2.75) is 34.6 Å². The summed E-state index contributed by atoms with van der Waals surface area (Å²) in [5, 5.41) is 30.5. The number of aromatic hydroxyl groups is 3. The molecular weight excluding hydrogens is 324 g/mol. The molecular formula is C23H24O3. The molecule has 0 unspecified atom stereocenters. The summed E-state index contributed by atoms with van der Waals surface area (Å²) in [4.78, 5) is 0. The molecule has 0 bridgehead atoms. The van der Waals surface area contributed by atoms with E-state index in [0.29, 0.717) is 0 Å². The predicted molar refractivity (Wildman–Crippen MR) is 106 cm³/mol. The number of aryl methyl sites for hydroxylation is 2. The number of rotatable bonds is 2. The fourth-order valence-electron chi connectivity index (χ4n) is 3.69. The van der Waals surface area contributed by atoms with Crippen molar-refractivity contribution in [1.29, 1.82) is 0 Å². The number of phenols is 3. The Morgan fingerprint density at radius 2 is 0.923 bits per heavy atom. The average molecular weight is 348 g/mol. The molecule has 3 heteroatoms. The van der Waals surface area contributed by atoms with E-state index in [2.05, 4.69) is 6.92 Å². The lowest BCUT2D eigenvalue weighted by Gasteiger charge is -2.21. The van der Waals surface area contributed by atoms with E-state index in [9.17, 15) is 15.3 Å². The maximum atomic E-state index is 10.8. The molecule has 26 heavy (non-hydrogen) atoms. The number of phenolic OH excluding ortho intramolecular Hbond substituents is 3. The molecule has 0 fully saturated rings. The Morgan fingerprint density at radius 3 is 1.27 bits per heavy atom. The smallest absolute Gasteiger partial charge is 0.122 e. The first kappa shape index (κ1) is 17.9. The van der Waals surface area contributed by atoms with E-state index in [0.717, 1.165) is 50.1 Å². The van der Waals surface area contributed by atoms with Crippen LogP contribution < -0.4 is 0 Å². The van der Waals surface area contributed by atoms with Gasteiger partial charge in [0, 0.05) is 0 Å². The fraction of sp³-hybridized carbons (Fsp3) is 0.217. The van der Waals surface area contributed by atoms with Gasteiger partial charge in [0.15, 0.2) is 0 Å². The molecule has 0 amide bonds. The predicted octanol–water partition coefficient (Wildman–Crippen LogP) is 5.68. The molecule has 0 spiro atoms. The van der Waals surface area contributed by atoms with E-state index in [4.69, 9.17) is 0 Å². The third-order valence-corrected chi connectivity index (χ3v) is 5.18. The topological polar surface area (TPSA) is 60.7 Å². The molecule has 0 heterocycles. The summed E-state index contributed by atoms with van der Waals surface area (Å²) in [5.41, 5.74) is 8.16. The summed E-state index contributed by atoms with van der Waals surface area (Å²) in [7, 11) is 0. The van der Waals surface area contributed by atoms with Crippen LogP contribution in [-0.4, -0.2) is 15.3 Å².